The van der Waals surface area contributed by atoms with Gasteiger partial charge in [-0.3, -0.25) is 15.0 Å². The molecular formula is C13H18FN3O2. The maximum absolute atomic E-state index is 13.3. The highest BCUT2D eigenvalue weighted by atomic mass is 19.1. The van der Waals surface area contributed by atoms with Crippen molar-refractivity contribution < 1.29 is 14.0 Å². The van der Waals surface area contributed by atoms with Gasteiger partial charge in [-0.15, -0.1) is 0 Å². The average molecular weight is 267 g/mol. The molecule has 2 amide bonds. The van der Waals surface area contributed by atoms with Gasteiger partial charge in [-0.2, -0.15) is 0 Å². The molecule has 0 heterocycles. The number of hydrogen-bond acceptors (Lipinski definition) is 3. The molecule has 0 unspecified atom stereocenters. The van der Waals surface area contributed by atoms with Crippen LogP contribution in [0.2, 0.25) is 0 Å². The van der Waals surface area contributed by atoms with Gasteiger partial charge >= 0.3 is 0 Å². The fourth-order valence-electron chi connectivity index (χ4n) is 1.43. The van der Waals surface area contributed by atoms with Crippen molar-refractivity contribution in [2.24, 2.45) is 0 Å². The summed E-state index contributed by atoms with van der Waals surface area (Å²) < 4.78 is 13.3. The van der Waals surface area contributed by atoms with E-state index >= 15 is 0 Å². The zero-order valence-electron chi connectivity index (χ0n) is 11.3. The topological polar surface area (TPSA) is 61.4 Å². The van der Waals surface area contributed by atoms with E-state index in [-0.39, 0.29) is 30.5 Å². The number of hydrogen-bond donors (Lipinski definition) is 2. The van der Waals surface area contributed by atoms with Crippen LogP contribution in [0.1, 0.15) is 18.4 Å². The second kappa shape index (κ2) is 6.84. The third-order valence-corrected chi connectivity index (χ3v) is 2.38. The molecule has 104 valence electrons. The van der Waals surface area contributed by atoms with Gasteiger partial charge in [-0.1, -0.05) is 6.07 Å². The number of carbonyl (C=O) groups is 2. The number of aryl methyl sites for hydroxylation is 1. The molecule has 5 nitrogen and oxygen atoms in total. The highest BCUT2D eigenvalue weighted by Crippen LogP contribution is 2.13. The Hall–Kier alpha value is -1.95. The Morgan fingerprint density at radius 1 is 1.21 bits per heavy atom. The van der Waals surface area contributed by atoms with E-state index in [4.69, 9.17) is 0 Å². The van der Waals surface area contributed by atoms with Crippen LogP contribution in [-0.2, 0) is 9.59 Å². The molecule has 0 aliphatic carbocycles. The molecule has 0 atom stereocenters. The van der Waals surface area contributed by atoms with Crippen molar-refractivity contribution in [1.29, 1.82) is 0 Å². The van der Waals surface area contributed by atoms with Gasteiger partial charge in [0.05, 0.1) is 0 Å². The van der Waals surface area contributed by atoms with Gasteiger partial charge in [0, 0.05) is 32.6 Å². The maximum atomic E-state index is 13.3. The van der Waals surface area contributed by atoms with Crippen molar-refractivity contribution in [1.82, 2.24) is 10.4 Å². The number of hydrazine groups is 1. The molecule has 0 aliphatic heterocycles. The number of halogens is 1. The third kappa shape index (κ3) is 5.48. The number of anilines is 1. The Bertz CT molecular complexity index is 475. The highest BCUT2D eigenvalue weighted by molar-refractivity contribution is 5.93. The van der Waals surface area contributed by atoms with E-state index in [2.05, 4.69) is 10.7 Å². The van der Waals surface area contributed by atoms with Crippen LogP contribution < -0.4 is 10.7 Å². The molecular weight excluding hydrogens is 249 g/mol. The summed E-state index contributed by atoms with van der Waals surface area (Å²) in [6, 6.07) is 4.47. The van der Waals surface area contributed by atoms with E-state index in [0.717, 1.165) is 0 Å². The van der Waals surface area contributed by atoms with E-state index < -0.39 is 0 Å². The number of benzene rings is 1. The fraction of sp³-hybridized carbons (Fsp3) is 0.385. The van der Waals surface area contributed by atoms with Crippen molar-refractivity contribution >= 4 is 17.5 Å². The first kappa shape index (κ1) is 15.1. The normalized spacial score (nSPS) is 10.4. The molecule has 0 spiro atoms. The van der Waals surface area contributed by atoms with Crippen molar-refractivity contribution in [3.63, 3.8) is 0 Å². The van der Waals surface area contributed by atoms with Gasteiger partial charge in [-0.05, 0) is 24.6 Å². The minimum absolute atomic E-state index is 0.0508. The zero-order chi connectivity index (χ0) is 14.4. The molecule has 0 fully saturated rings. The number of carbonyl (C=O) groups excluding carboxylic acids is 2. The van der Waals surface area contributed by atoms with Crippen molar-refractivity contribution in [3.8, 4) is 0 Å². The maximum Gasteiger partial charge on any atom is 0.234 e. The van der Waals surface area contributed by atoms with E-state index in [1.807, 2.05) is 0 Å². The lowest BCUT2D eigenvalue weighted by atomic mass is 10.2. The minimum atomic E-state index is -0.372. The van der Waals surface area contributed by atoms with Crippen molar-refractivity contribution in [2.75, 3.05) is 19.4 Å². The SMILES string of the molecule is Cc1ccc(NC(=O)CCC(=O)NN(C)C)cc1F. The van der Waals surface area contributed by atoms with Crippen LogP contribution in [-0.4, -0.2) is 30.9 Å². The molecule has 0 aliphatic rings. The Kier molecular flexibility index (Phi) is 5.44. The first-order chi connectivity index (χ1) is 8.88. The second-order valence-electron chi connectivity index (χ2n) is 4.44. The lowest BCUT2D eigenvalue weighted by Crippen LogP contribution is -2.36. The van der Waals surface area contributed by atoms with Gasteiger partial charge in [-0.25, -0.2) is 9.40 Å². The molecule has 1 aromatic carbocycles. The van der Waals surface area contributed by atoms with Crippen LogP contribution in [0, 0.1) is 12.7 Å². The third-order valence-electron chi connectivity index (χ3n) is 2.38. The summed E-state index contributed by atoms with van der Waals surface area (Å²) in [5.74, 6) is -0.935. The van der Waals surface area contributed by atoms with Gasteiger partial charge < -0.3 is 5.32 Å². The Morgan fingerprint density at radius 2 is 1.84 bits per heavy atom. The summed E-state index contributed by atoms with van der Waals surface area (Å²) in [6.45, 7) is 1.65. The number of rotatable bonds is 5. The molecule has 0 bridgehead atoms. The molecule has 0 radical (unpaired) electrons. The van der Waals surface area contributed by atoms with Crippen molar-refractivity contribution in [3.05, 3.63) is 29.6 Å². The molecule has 0 saturated heterocycles. The lowest BCUT2D eigenvalue weighted by Gasteiger charge is -2.11. The van der Waals surface area contributed by atoms with Crippen LogP contribution in [0.15, 0.2) is 18.2 Å². The molecule has 0 saturated carbocycles. The molecule has 1 aromatic rings. The van der Waals surface area contributed by atoms with Crippen LogP contribution >= 0.6 is 0 Å². The van der Waals surface area contributed by atoms with Gasteiger partial charge in [0.25, 0.3) is 0 Å². The summed E-state index contributed by atoms with van der Waals surface area (Å²) in [5.41, 5.74) is 3.44. The molecule has 19 heavy (non-hydrogen) atoms. The summed E-state index contributed by atoms with van der Waals surface area (Å²) in [5, 5.41) is 4.06. The number of nitrogens with zero attached hydrogens (tertiary/aromatic N) is 1. The summed E-state index contributed by atoms with van der Waals surface area (Å²) in [4.78, 5) is 22.9. The largest absolute Gasteiger partial charge is 0.326 e. The van der Waals surface area contributed by atoms with Gasteiger partial charge in [0.1, 0.15) is 5.82 Å². The van der Waals surface area contributed by atoms with E-state index in [0.29, 0.717) is 11.3 Å². The van der Waals surface area contributed by atoms with Gasteiger partial charge in [0.2, 0.25) is 11.8 Å². The van der Waals surface area contributed by atoms with Crippen LogP contribution in [0.3, 0.4) is 0 Å². The summed E-state index contributed by atoms with van der Waals surface area (Å²) in [6.07, 6.45) is 0.132. The first-order valence-corrected chi connectivity index (χ1v) is 5.91. The predicted molar refractivity (Wildman–Crippen MR) is 70.8 cm³/mol. The minimum Gasteiger partial charge on any atom is -0.326 e. The predicted octanol–water partition coefficient (Wildman–Crippen LogP) is 1.45. The van der Waals surface area contributed by atoms with E-state index in [9.17, 15) is 14.0 Å². The molecule has 0 aromatic heterocycles. The molecule has 2 N–H and O–H groups in total. The smallest absolute Gasteiger partial charge is 0.234 e. The second-order valence-corrected chi connectivity index (χ2v) is 4.44. The zero-order valence-corrected chi connectivity index (χ0v) is 11.3. The monoisotopic (exact) mass is 267 g/mol. The van der Waals surface area contributed by atoms with Crippen LogP contribution in [0.5, 0.6) is 0 Å². The Morgan fingerprint density at radius 3 is 2.42 bits per heavy atom. The average Bonchev–Trinajstić information content (AvgIpc) is 2.30. The number of nitrogens with one attached hydrogen (secondary N) is 2. The molecule has 1 rings (SSSR count). The quantitative estimate of drug-likeness (QED) is 0.794. The molecule has 6 heteroatoms. The first-order valence-electron chi connectivity index (χ1n) is 5.91. The van der Waals surface area contributed by atoms with Crippen molar-refractivity contribution in [2.45, 2.75) is 19.8 Å². The van der Waals surface area contributed by atoms with E-state index in [1.165, 1.54) is 11.1 Å². The van der Waals surface area contributed by atoms with Crippen LogP contribution in [0.25, 0.3) is 0 Å². The summed E-state index contributed by atoms with van der Waals surface area (Å²) in [7, 11) is 3.38. The van der Waals surface area contributed by atoms with Gasteiger partial charge in [0.15, 0.2) is 0 Å². The summed E-state index contributed by atoms with van der Waals surface area (Å²) >= 11 is 0. The lowest BCUT2D eigenvalue weighted by molar-refractivity contribution is -0.127. The van der Waals surface area contributed by atoms with E-state index in [1.54, 1.807) is 33.2 Å². The number of amides is 2. The van der Waals surface area contributed by atoms with Crippen LogP contribution in [0.4, 0.5) is 10.1 Å². The standard InChI is InChI=1S/C13H18FN3O2/c1-9-4-5-10(8-11(9)14)15-12(18)6-7-13(19)16-17(2)3/h4-5,8H,6-7H2,1-3H3,(H,15,18)(H,16,19). The Labute approximate surface area is 111 Å². The Balaban J connectivity index is 2.43. The fourth-order valence-corrected chi connectivity index (χ4v) is 1.43. The highest BCUT2D eigenvalue weighted by Gasteiger charge is 2.08.